The largest absolute Gasteiger partial charge is 0.408 e. The van der Waals surface area contributed by atoms with Gasteiger partial charge in [-0.1, -0.05) is 11.3 Å². The smallest absolute Gasteiger partial charge is 0.383 e. The number of hydrogen-bond donors (Lipinski definition) is 1. The third kappa shape index (κ3) is 3.66. The van der Waals surface area contributed by atoms with Gasteiger partial charge in [0, 0.05) is 11.8 Å². The summed E-state index contributed by atoms with van der Waals surface area (Å²) in [7, 11) is 0. The van der Waals surface area contributed by atoms with Gasteiger partial charge in [0.25, 0.3) is 0 Å². The second-order valence-corrected chi connectivity index (χ2v) is 6.06. The molecule has 0 aliphatic heterocycles. The van der Waals surface area contributed by atoms with Crippen molar-refractivity contribution < 1.29 is 22.0 Å². The molecule has 3 heterocycles. The van der Waals surface area contributed by atoms with Crippen molar-refractivity contribution in [3.63, 3.8) is 0 Å². The van der Waals surface area contributed by atoms with E-state index in [1.165, 1.54) is 24.4 Å². The quantitative estimate of drug-likeness (QED) is 0.502. The highest BCUT2D eigenvalue weighted by Gasteiger charge is 2.29. The van der Waals surface area contributed by atoms with E-state index in [0.29, 0.717) is 4.68 Å². The van der Waals surface area contributed by atoms with E-state index in [4.69, 9.17) is 5.73 Å². The lowest BCUT2D eigenvalue weighted by atomic mass is 10.1. The number of halogens is 5. The molecule has 2 N–H and O–H groups in total. The molecular formula is C16H10F5N9. The number of hydrogen-bond acceptors (Lipinski definition) is 7. The lowest BCUT2D eigenvalue weighted by molar-refractivity contribution is -0.142. The highest BCUT2D eigenvalue weighted by molar-refractivity contribution is 5.75. The number of pyridine rings is 1. The molecule has 154 valence electrons. The third-order valence-electron chi connectivity index (χ3n) is 3.96. The molecule has 0 saturated carbocycles. The van der Waals surface area contributed by atoms with Crippen molar-refractivity contribution in [3.8, 4) is 28.3 Å². The van der Waals surface area contributed by atoms with Gasteiger partial charge in [0.1, 0.15) is 23.7 Å². The summed E-state index contributed by atoms with van der Waals surface area (Å²) < 4.78 is 66.9. The van der Waals surface area contributed by atoms with Crippen LogP contribution in [0.5, 0.6) is 0 Å². The maximum Gasteiger partial charge on any atom is 0.408 e. The van der Waals surface area contributed by atoms with E-state index in [-0.39, 0.29) is 34.2 Å². The summed E-state index contributed by atoms with van der Waals surface area (Å²) in [5.74, 6) is -2.39. The van der Waals surface area contributed by atoms with E-state index in [1.807, 2.05) is 0 Å². The van der Waals surface area contributed by atoms with Crippen molar-refractivity contribution in [2.24, 2.45) is 0 Å². The summed E-state index contributed by atoms with van der Waals surface area (Å²) in [6.07, 6.45) is -2.11. The summed E-state index contributed by atoms with van der Waals surface area (Å²) >= 11 is 0. The van der Waals surface area contributed by atoms with Gasteiger partial charge in [-0.3, -0.25) is 0 Å². The van der Waals surface area contributed by atoms with E-state index in [1.54, 1.807) is 0 Å². The topological polar surface area (TPSA) is 113 Å². The van der Waals surface area contributed by atoms with Crippen molar-refractivity contribution in [1.82, 2.24) is 40.2 Å². The summed E-state index contributed by atoms with van der Waals surface area (Å²) in [5, 5.41) is 18.0. The first-order valence-electron chi connectivity index (χ1n) is 8.19. The molecule has 4 aromatic rings. The van der Waals surface area contributed by atoms with Crippen LogP contribution in [0.3, 0.4) is 0 Å². The van der Waals surface area contributed by atoms with Gasteiger partial charge in [-0.15, -0.1) is 10.2 Å². The second kappa shape index (κ2) is 7.13. The Morgan fingerprint density at radius 3 is 2.63 bits per heavy atom. The van der Waals surface area contributed by atoms with Crippen LogP contribution in [0.1, 0.15) is 0 Å². The Morgan fingerprint density at radius 1 is 1.07 bits per heavy atom. The zero-order chi connectivity index (χ0) is 21.5. The Bertz CT molecular complexity index is 1210. The molecule has 0 fully saturated rings. The zero-order valence-corrected chi connectivity index (χ0v) is 14.7. The molecule has 9 nitrogen and oxygen atoms in total. The minimum absolute atomic E-state index is 0.0469. The van der Waals surface area contributed by atoms with E-state index >= 15 is 0 Å². The van der Waals surface area contributed by atoms with Crippen molar-refractivity contribution in [1.29, 1.82) is 0 Å². The van der Waals surface area contributed by atoms with Crippen molar-refractivity contribution in [2.45, 2.75) is 12.7 Å². The highest BCUT2D eigenvalue weighted by Crippen LogP contribution is 2.29. The van der Waals surface area contributed by atoms with E-state index in [0.717, 1.165) is 16.9 Å². The van der Waals surface area contributed by atoms with Gasteiger partial charge >= 0.3 is 6.18 Å². The van der Waals surface area contributed by atoms with Crippen molar-refractivity contribution in [3.05, 3.63) is 48.3 Å². The van der Waals surface area contributed by atoms with Crippen LogP contribution < -0.4 is 5.73 Å². The van der Waals surface area contributed by atoms with Crippen LogP contribution in [0, 0.1) is 11.6 Å². The molecule has 0 saturated heterocycles. The molecule has 0 unspecified atom stereocenters. The first-order valence-corrected chi connectivity index (χ1v) is 8.19. The lowest BCUT2D eigenvalue weighted by Crippen LogP contribution is -2.17. The Balaban J connectivity index is 1.76. The molecule has 1 aromatic carbocycles. The fraction of sp³-hybridized carbons (Fsp3) is 0.125. The molecule has 30 heavy (non-hydrogen) atoms. The van der Waals surface area contributed by atoms with E-state index in [2.05, 4.69) is 30.8 Å². The van der Waals surface area contributed by atoms with Crippen LogP contribution >= 0.6 is 0 Å². The standard InChI is InChI=1S/C16H10F5N9/c17-10-2-1-3-12(13(10)18)30-15(25-26-28-30)9-4-8(5-23-14(9)22)11-6-29(27-24-11)7-16(19,20)21/h1-6H,7H2,(H2,22,23). The van der Waals surface area contributed by atoms with Crippen molar-refractivity contribution >= 4 is 5.82 Å². The fourth-order valence-electron chi connectivity index (χ4n) is 2.66. The summed E-state index contributed by atoms with van der Waals surface area (Å²) in [6.45, 7) is -1.31. The third-order valence-corrected chi connectivity index (χ3v) is 3.96. The summed E-state index contributed by atoms with van der Waals surface area (Å²) in [4.78, 5) is 3.97. The number of nitrogens with two attached hydrogens (primary N) is 1. The normalized spacial score (nSPS) is 11.8. The molecule has 0 bridgehead atoms. The molecular weight excluding hydrogens is 413 g/mol. The molecule has 0 aliphatic carbocycles. The minimum Gasteiger partial charge on any atom is -0.383 e. The number of tetrazole rings is 1. The van der Waals surface area contributed by atoms with Gasteiger partial charge in [0.05, 0.1) is 11.8 Å². The number of nitrogens with zero attached hydrogens (tertiary/aromatic N) is 8. The molecule has 0 spiro atoms. The monoisotopic (exact) mass is 423 g/mol. The number of benzene rings is 1. The van der Waals surface area contributed by atoms with Gasteiger partial charge in [-0.25, -0.2) is 18.4 Å². The molecule has 0 atom stereocenters. The fourth-order valence-corrected chi connectivity index (χ4v) is 2.66. The van der Waals surface area contributed by atoms with E-state index < -0.39 is 24.4 Å². The van der Waals surface area contributed by atoms with Gasteiger partial charge < -0.3 is 5.73 Å². The molecule has 0 aliphatic rings. The Hall–Kier alpha value is -3.97. The van der Waals surface area contributed by atoms with Crippen LogP contribution in [0.2, 0.25) is 0 Å². The molecule has 14 heteroatoms. The Kier molecular flexibility index (Phi) is 4.60. The van der Waals surface area contributed by atoms with Crippen LogP contribution in [-0.2, 0) is 6.54 Å². The zero-order valence-electron chi connectivity index (χ0n) is 14.7. The van der Waals surface area contributed by atoms with Gasteiger partial charge in [-0.05, 0) is 28.6 Å². The van der Waals surface area contributed by atoms with Crippen molar-refractivity contribution in [2.75, 3.05) is 5.73 Å². The SMILES string of the molecule is Nc1ncc(-c2cn(CC(F)(F)F)nn2)cc1-c1nnnn1-c1cccc(F)c1F. The molecule has 0 amide bonds. The highest BCUT2D eigenvalue weighted by atomic mass is 19.4. The number of rotatable bonds is 4. The first kappa shape index (κ1) is 19.4. The lowest BCUT2D eigenvalue weighted by Gasteiger charge is -2.08. The maximum absolute atomic E-state index is 14.2. The number of aromatic nitrogens is 8. The predicted molar refractivity (Wildman–Crippen MR) is 91.8 cm³/mol. The van der Waals surface area contributed by atoms with E-state index in [9.17, 15) is 22.0 Å². The second-order valence-electron chi connectivity index (χ2n) is 6.06. The van der Waals surface area contributed by atoms with Crippen LogP contribution in [0.15, 0.2) is 36.7 Å². The molecule has 3 aromatic heterocycles. The molecule has 4 rings (SSSR count). The van der Waals surface area contributed by atoms with Crippen LogP contribution in [0.4, 0.5) is 27.8 Å². The molecule has 0 radical (unpaired) electrons. The Morgan fingerprint density at radius 2 is 1.87 bits per heavy atom. The van der Waals surface area contributed by atoms with Gasteiger partial charge in [0.15, 0.2) is 17.5 Å². The number of anilines is 1. The van der Waals surface area contributed by atoms with Crippen LogP contribution in [0.25, 0.3) is 28.3 Å². The summed E-state index contributed by atoms with van der Waals surface area (Å²) in [5.41, 5.74) is 6.10. The van der Waals surface area contributed by atoms with Gasteiger partial charge in [-0.2, -0.15) is 17.9 Å². The number of nitrogen functional groups attached to an aromatic ring is 1. The maximum atomic E-state index is 14.2. The van der Waals surface area contributed by atoms with Crippen LogP contribution in [-0.4, -0.2) is 46.4 Å². The first-order chi connectivity index (χ1) is 14.2. The average molecular weight is 423 g/mol. The predicted octanol–water partition coefficient (Wildman–Crippen LogP) is 2.41. The average Bonchev–Trinajstić information content (AvgIpc) is 3.33. The number of alkyl halides is 3. The minimum atomic E-state index is -4.47. The van der Waals surface area contributed by atoms with Gasteiger partial charge in [0.2, 0.25) is 0 Å². The summed E-state index contributed by atoms with van der Waals surface area (Å²) in [6, 6.07) is 4.87. The Labute approximate surface area is 163 Å².